The van der Waals surface area contributed by atoms with Crippen LogP contribution in [0.2, 0.25) is 0 Å². The third-order valence-electron chi connectivity index (χ3n) is 3.20. The molecule has 0 aliphatic carbocycles. The van der Waals surface area contributed by atoms with Crippen molar-refractivity contribution in [2.75, 3.05) is 5.32 Å². The quantitative estimate of drug-likeness (QED) is 0.786. The molecule has 0 aliphatic heterocycles. The summed E-state index contributed by atoms with van der Waals surface area (Å²) in [6.45, 7) is -0.256. The maximum atomic E-state index is 12.3. The van der Waals surface area contributed by atoms with Crippen molar-refractivity contribution in [2.24, 2.45) is 0 Å². The van der Waals surface area contributed by atoms with Gasteiger partial charge in [0.25, 0.3) is 5.56 Å². The second-order valence-corrected chi connectivity index (χ2v) is 4.81. The zero-order valence-electron chi connectivity index (χ0n) is 11.9. The highest BCUT2D eigenvalue weighted by atomic mass is 16.2. The van der Waals surface area contributed by atoms with Crippen molar-refractivity contribution >= 4 is 22.5 Å². The van der Waals surface area contributed by atoms with Gasteiger partial charge in [0, 0.05) is 5.69 Å². The first-order valence-electron chi connectivity index (χ1n) is 6.80. The fraction of sp³-hybridized carbons (Fsp3) is 0.0625. The zero-order valence-corrected chi connectivity index (χ0v) is 11.9. The van der Waals surface area contributed by atoms with Crippen LogP contribution in [0.5, 0.6) is 0 Å². The minimum atomic E-state index is -0.424. The van der Waals surface area contributed by atoms with Crippen LogP contribution in [0.3, 0.4) is 0 Å². The van der Waals surface area contributed by atoms with Gasteiger partial charge >= 0.3 is 0 Å². The average Bonchev–Trinajstić information content (AvgIpc) is 2.58. The van der Waals surface area contributed by atoms with Crippen LogP contribution in [0.25, 0.3) is 10.9 Å². The first-order valence-corrected chi connectivity index (χ1v) is 6.80. The Kier molecular flexibility index (Phi) is 3.80. The molecule has 0 spiro atoms. The lowest BCUT2D eigenvalue weighted by molar-refractivity contribution is -0.117. The number of aromatic nitrogens is 3. The van der Waals surface area contributed by atoms with E-state index in [1.807, 2.05) is 6.07 Å². The number of amides is 1. The summed E-state index contributed by atoms with van der Waals surface area (Å²) in [6, 6.07) is 15.3. The van der Waals surface area contributed by atoms with E-state index in [0.29, 0.717) is 22.2 Å². The van der Waals surface area contributed by atoms with E-state index in [9.17, 15) is 9.59 Å². The van der Waals surface area contributed by atoms with Gasteiger partial charge in [0.2, 0.25) is 5.91 Å². The molecule has 0 radical (unpaired) electrons. The van der Waals surface area contributed by atoms with Gasteiger partial charge in [-0.3, -0.25) is 9.59 Å². The van der Waals surface area contributed by atoms with Crippen molar-refractivity contribution in [1.29, 1.82) is 5.26 Å². The fourth-order valence-electron chi connectivity index (χ4n) is 2.13. The molecule has 0 saturated heterocycles. The molecule has 0 fully saturated rings. The van der Waals surface area contributed by atoms with Gasteiger partial charge in [-0.05, 0) is 30.3 Å². The molecule has 2 aromatic carbocycles. The van der Waals surface area contributed by atoms with Crippen LogP contribution in [-0.2, 0) is 11.3 Å². The van der Waals surface area contributed by atoms with Crippen molar-refractivity contribution in [3.8, 4) is 6.07 Å². The van der Waals surface area contributed by atoms with Crippen molar-refractivity contribution in [3.05, 3.63) is 64.4 Å². The Labute approximate surface area is 130 Å². The third-order valence-corrected chi connectivity index (χ3v) is 3.20. The first kappa shape index (κ1) is 14.4. The number of nitrogens with one attached hydrogen (secondary N) is 1. The Hall–Kier alpha value is -3.53. The number of fused-ring (bicyclic) bond motifs is 1. The second-order valence-electron chi connectivity index (χ2n) is 4.81. The number of benzene rings is 2. The maximum Gasteiger partial charge on any atom is 0.278 e. The maximum absolute atomic E-state index is 12.3. The summed E-state index contributed by atoms with van der Waals surface area (Å²) in [6.07, 6.45) is 0. The van der Waals surface area contributed by atoms with Gasteiger partial charge in [0.1, 0.15) is 12.1 Å². The summed E-state index contributed by atoms with van der Waals surface area (Å²) < 4.78 is 1.01. The lowest BCUT2D eigenvalue weighted by Gasteiger charge is -2.07. The monoisotopic (exact) mass is 305 g/mol. The number of hydrogen-bond donors (Lipinski definition) is 1. The smallest absolute Gasteiger partial charge is 0.278 e. The van der Waals surface area contributed by atoms with E-state index < -0.39 is 5.91 Å². The highest BCUT2D eigenvalue weighted by Gasteiger charge is 2.09. The number of nitrogens with zero attached hydrogens (tertiary/aromatic N) is 4. The van der Waals surface area contributed by atoms with E-state index in [2.05, 4.69) is 15.6 Å². The highest BCUT2D eigenvalue weighted by molar-refractivity contribution is 5.90. The SMILES string of the molecule is N#Cc1cccc(NC(=O)Cn2nnc3ccccc3c2=O)c1. The summed E-state index contributed by atoms with van der Waals surface area (Å²) in [5, 5.41) is 19.6. The molecule has 0 aliphatic rings. The normalized spacial score (nSPS) is 10.2. The number of carbonyl (C=O) groups excluding carboxylic acids is 1. The van der Waals surface area contributed by atoms with Crippen LogP contribution in [0.1, 0.15) is 5.56 Å². The van der Waals surface area contributed by atoms with Crippen LogP contribution in [-0.4, -0.2) is 20.9 Å². The zero-order chi connectivity index (χ0) is 16.2. The van der Waals surface area contributed by atoms with Gasteiger partial charge in [0.05, 0.1) is 17.0 Å². The molecule has 1 heterocycles. The molecule has 3 aromatic rings. The standard InChI is InChI=1S/C16H11N5O2/c17-9-11-4-3-5-12(8-11)18-15(22)10-21-16(23)13-6-1-2-7-14(13)19-20-21/h1-8H,10H2,(H,18,22). The fourth-order valence-corrected chi connectivity index (χ4v) is 2.13. The Morgan fingerprint density at radius 3 is 2.87 bits per heavy atom. The molecular formula is C16H11N5O2. The number of nitriles is 1. The predicted molar refractivity (Wildman–Crippen MR) is 83.6 cm³/mol. The van der Waals surface area contributed by atoms with Crippen LogP contribution >= 0.6 is 0 Å². The molecule has 1 N–H and O–H groups in total. The molecule has 112 valence electrons. The molecule has 0 unspecified atom stereocenters. The number of carbonyl (C=O) groups is 1. The molecule has 0 bridgehead atoms. The number of anilines is 1. The average molecular weight is 305 g/mol. The van der Waals surface area contributed by atoms with E-state index in [1.165, 1.54) is 0 Å². The first-order chi connectivity index (χ1) is 11.2. The minimum Gasteiger partial charge on any atom is -0.324 e. The van der Waals surface area contributed by atoms with Crippen LogP contribution in [0.15, 0.2) is 53.3 Å². The van der Waals surface area contributed by atoms with Gasteiger partial charge in [-0.1, -0.05) is 23.4 Å². The van der Waals surface area contributed by atoms with Gasteiger partial charge in [-0.25, -0.2) is 4.68 Å². The molecule has 3 rings (SSSR count). The summed E-state index contributed by atoms with van der Waals surface area (Å²) in [5.41, 5.74) is 1.02. The second kappa shape index (κ2) is 6.07. The van der Waals surface area contributed by atoms with Crippen LogP contribution in [0, 0.1) is 11.3 Å². The van der Waals surface area contributed by atoms with Gasteiger partial charge in [-0.15, -0.1) is 5.10 Å². The lowest BCUT2D eigenvalue weighted by Crippen LogP contribution is -2.30. The van der Waals surface area contributed by atoms with Gasteiger partial charge in [0.15, 0.2) is 0 Å². The van der Waals surface area contributed by atoms with Crippen molar-refractivity contribution < 1.29 is 4.79 Å². The van der Waals surface area contributed by atoms with E-state index in [0.717, 1.165) is 4.68 Å². The van der Waals surface area contributed by atoms with E-state index in [4.69, 9.17) is 5.26 Å². The van der Waals surface area contributed by atoms with E-state index in [1.54, 1.807) is 48.5 Å². The van der Waals surface area contributed by atoms with E-state index >= 15 is 0 Å². The molecule has 1 amide bonds. The Morgan fingerprint density at radius 1 is 1.22 bits per heavy atom. The van der Waals surface area contributed by atoms with Crippen LogP contribution < -0.4 is 10.9 Å². The molecule has 0 atom stereocenters. The Balaban J connectivity index is 1.82. The van der Waals surface area contributed by atoms with Gasteiger partial charge < -0.3 is 5.32 Å². The number of rotatable bonds is 3. The van der Waals surface area contributed by atoms with Gasteiger partial charge in [-0.2, -0.15) is 5.26 Å². The summed E-state index contributed by atoms with van der Waals surface area (Å²) >= 11 is 0. The Morgan fingerprint density at radius 2 is 2.04 bits per heavy atom. The topological polar surface area (TPSA) is 101 Å². The Bertz CT molecular complexity index is 987. The lowest BCUT2D eigenvalue weighted by atomic mass is 10.2. The molecule has 23 heavy (non-hydrogen) atoms. The highest BCUT2D eigenvalue weighted by Crippen LogP contribution is 2.09. The third kappa shape index (κ3) is 3.06. The minimum absolute atomic E-state index is 0.256. The van der Waals surface area contributed by atoms with Crippen molar-refractivity contribution in [3.63, 3.8) is 0 Å². The van der Waals surface area contributed by atoms with Crippen molar-refractivity contribution in [2.45, 2.75) is 6.54 Å². The summed E-state index contributed by atoms with van der Waals surface area (Å²) in [4.78, 5) is 24.3. The predicted octanol–water partition coefficient (Wildman–Crippen LogP) is 1.30. The molecule has 7 heteroatoms. The number of hydrogen-bond acceptors (Lipinski definition) is 5. The molecule has 7 nitrogen and oxygen atoms in total. The molecular weight excluding hydrogens is 294 g/mol. The van der Waals surface area contributed by atoms with Crippen LogP contribution in [0.4, 0.5) is 5.69 Å². The van der Waals surface area contributed by atoms with E-state index in [-0.39, 0.29) is 12.1 Å². The summed E-state index contributed by atoms with van der Waals surface area (Å²) in [7, 11) is 0. The molecule has 1 aromatic heterocycles. The summed E-state index contributed by atoms with van der Waals surface area (Å²) in [5.74, 6) is -0.424. The molecule has 0 saturated carbocycles. The largest absolute Gasteiger partial charge is 0.324 e. The van der Waals surface area contributed by atoms with Crippen molar-refractivity contribution in [1.82, 2.24) is 15.0 Å².